The Labute approximate surface area is 118 Å². The quantitative estimate of drug-likeness (QED) is 0.857. The van der Waals surface area contributed by atoms with Gasteiger partial charge in [-0.2, -0.15) is 0 Å². The number of carboxylic acid groups (broad SMARTS) is 1. The Morgan fingerprint density at radius 1 is 1.35 bits per heavy atom. The van der Waals surface area contributed by atoms with Crippen molar-refractivity contribution in [2.45, 2.75) is 39.4 Å². The average molecular weight is 276 g/mol. The van der Waals surface area contributed by atoms with Gasteiger partial charge in [-0.1, -0.05) is 13.0 Å². The van der Waals surface area contributed by atoms with E-state index >= 15 is 0 Å². The van der Waals surface area contributed by atoms with Crippen LogP contribution in [0.1, 0.15) is 41.8 Å². The van der Waals surface area contributed by atoms with E-state index in [2.05, 4.69) is 5.32 Å². The Balaban J connectivity index is 1.96. The highest BCUT2D eigenvalue weighted by molar-refractivity contribution is 5.88. The highest BCUT2D eigenvalue weighted by atomic mass is 16.4. The molecule has 1 amide bonds. The van der Waals surface area contributed by atoms with Gasteiger partial charge >= 0.3 is 5.97 Å². The summed E-state index contributed by atoms with van der Waals surface area (Å²) < 4.78 is 0. The molecule has 1 aliphatic rings. The van der Waals surface area contributed by atoms with E-state index < -0.39 is 5.97 Å². The maximum atomic E-state index is 11.8. The number of carboxylic acids is 1. The first-order chi connectivity index (χ1) is 9.49. The molecule has 1 aromatic carbocycles. The van der Waals surface area contributed by atoms with Crippen molar-refractivity contribution in [3.63, 3.8) is 0 Å². The number of nitrogens with zero attached hydrogens (tertiary/aromatic N) is 1. The van der Waals surface area contributed by atoms with Gasteiger partial charge in [0.15, 0.2) is 0 Å². The van der Waals surface area contributed by atoms with Gasteiger partial charge < -0.3 is 10.4 Å². The number of carbonyl (C=O) groups is 2. The summed E-state index contributed by atoms with van der Waals surface area (Å²) in [6, 6.07) is 5.34. The van der Waals surface area contributed by atoms with Crippen molar-refractivity contribution in [3.8, 4) is 0 Å². The zero-order valence-corrected chi connectivity index (χ0v) is 11.8. The fraction of sp³-hybridized carbons (Fsp3) is 0.467. The van der Waals surface area contributed by atoms with Crippen LogP contribution in [-0.2, 0) is 17.9 Å². The Kier molecular flexibility index (Phi) is 4.39. The predicted octanol–water partition coefficient (Wildman–Crippen LogP) is 1.62. The predicted molar refractivity (Wildman–Crippen MR) is 75.4 cm³/mol. The molecule has 0 saturated heterocycles. The molecule has 0 saturated carbocycles. The highest BCUT2D eigenvalue weighted by Crippen LogP contribution is 2.23. The largest absolute Gasteiger partial charge is 0.478 e. The van der Waals surface area contributed by atoms with Crippen molar-refractivity contribution in [1.29, 1.82) is 0 Å². The lowest BCUT2D eigenvalue weighted by atomic mass is 10.1. The number of fused-ring (bicyclic) bond motifs is 1. The maximum absolute atomic E-state index is 11.8. The minimum atomic E-state index is -0.916. The molecule has 0 radical (unpaired) electrons. The summed E-state index contributed by atoms with van der Waals surface area (Å²) in [4.78, 5) is 24.8. The number of benzene rings is 1. The SMILES string of the molecule is CCC(C)NC(=O)CN1Cc2ccc(C(=O)O)cc2C1. The molecule has 1 atom stereocenters. The van der Waals surface area contributed by atoms with Gasteiger partial charge in [0.05, 0.1) is 12.1 Å². The first kappa shape index (κ1) is 14.5. The molecule has 1 aliphatic heterocycles. The minimum Gasteiger partial charge on any atom is -0.478 e. The van der Waals surface area contributed by atoms with Gasteiger partial charge in [-0.15, -0.1) is 0 Å². The van der Waals surface area contributed by atoms with Gasteiger partial charge in [0.25, 0.3) is 0 Å². The number of aromatic carboxylic acids is 1. The monoisotopic (exact) mass is 276 g/mol. The van der Waals surface area contributed by atoms with Crippen molar-refractivity contribution in [2.24, 2.45) is 0 Å². The van der Waals surface area contributed by atoms with Gasteiger partial charge in [0, 0.05) is 19.1 Å². The van der Waals surface area contributed by atoms with E-state index in [0.29, 0.717) is 25.2 Å². The number of nitrogens with one attached hydrogen (secondary N) is 1. The Bertz CT molecular complexity index is 528. The number of amides is 1. The summed E-state index contributed by atoms with van der Waals surface area (Å²) in [5, 5.41) is 11.9. The van der Waals surface area contributed by atoms with Crippen LogP contribution in [0.15, 0.2) is 18.2 Å². The fourth-order valence-corrected chi connectivity index (χ4v) is 2.34. The van der Waals surface area contributed by atoms with Crippen LogP contribution in [0.5, 0.6) is 0 Å². The van der Waals surface area contributed by atoms with Crippen molar-refractivity contribution < 1.29 is 14.7 Å². The molecule has 2 N–H and O–H groups in total. The summed E-state index contributed by atoms with van der Waals surface area (Å²) in [7, 11) is 0. The summed E-state index contributed by atoms with van der Waals surface area (Å²) in [5.74, 6) is -0.897. The Morgan fingerprint density at radius 2 is 2.05 bits per heavy atom. The summed E-state index contributed by atoms with van der Waals surface area (Å²) in [6.07, 6.45) is 0.911. The standard InChI is InChI=1S/C15H20N2O3/c1-3-10(2)16-14(18)9-17-7-12-5-4-11(15(19)20)6-13(12)8-17/h4-6,10H,3,7-9H2,1-2H3,(H,16,18)(H,19,20). The molecule has 0 fully saturated rings. The third-order valence-corrected chi connectivity index (χ3v) is 3.63. The van der Waals surface area contributed by atoms with Crippen molar-refractivity contribution in [1.82, 2.24) is 10.2 Å². The van der Waals surface area contributed by atoms with Crippen LogP contribution in [0.2, 0.25) is 0 Å². The van der Waals surface area contributed by atoms with E-state index in [1.54, 1.807) is 12.1 Å². The molecule has 0 spiro atoms. The van der Waals surface area contributed by atoms with E-state index in [-0.39, 0.29) is 11.9 Å². The zero-order chi connectivity index (χ0) is 14.7. The molecule has 0 bridgehead atoms. The third kappa shape index (κ3) is 3.36. The van der Waals surface area contributed by atoms with Crippen LogP contribution >= 0.6 is 0 Å². The molecule has 20 heavy (non-hydrogen) atoms. The third-order valence-electron chi connectivity index (χ3n) is 3.63. The lowest BCUT2D eigenvalue weighted by Crippen LogP contribution is -2.39. The number of hydrogen-bond acceptors (Lipinski definition) is 3. The second kappa shape index (κ2) is 6.05. The molecule has 1 aromatic rings. The van der Waals surface area contributed by atoms with Crippen molar-refractivity contribution >= 4 is 11.9 Å². The number of carbonyl (C=O) groups excluding carboxylic acids is 1. The molecule has 108 valence electrons. The van der Waals surface area contributed by atoms with Crippen molar-refractivity contribution in [2.75, 3.05) is 6.54 Å². The van der Waals surface area contributed by atoms with Gasteiger partial charge in [0.2, 0.25) is 5.91 Å². The van der Waals surface area contributed by atoms with E-state index in [9.17, 15) is 9.59 Å². The Morgan fingerprint density at radius 3 is 2.70 bits per heavy atom. The first-order valence-electron chi connectivity index (χ1n) is 6.86. The van der Waals surface area contributed by atoms with Gasteiger partial charge in [-0.3, -0.25) is 9.69 Å². The molecule has 1 unspecified atom stereocenters. The second-order valence-electron chi connectivity index (χ2n) is 5.31. The van der Waals surface area contributed by atoms with E-state index in [1.807, 2.05) is 24.8 Å². The molecular formula is C15H20N2O3. The van der Waals surface area contributed by atoms with Crippen LogP contribution in [0.25, 0.3) is 0 Å². The number of hydrogen-bond donors (Lipinski definition) is 2. The summed E-state index contributed by atoms with van der Waals surface area (Å²) in [6.45, 7) is 5.69. The van der Waals surface area contributed by atoms with Gasteiger partial charge in [-0.25, -0.2) is 4.79 Å². The molecule has 1 heterocycles. The van der Waals surface area contributed by atoms with Gasteiger partial charge in [0.1, 0.15) is 0 Å². The van der Waals surface area contributed by atoms with Crippen molar-refractivity contribution in [3.05, 3.63) is 34.9 Å². The second-order valence-corrected chi connectivity index (χ2v) is 5.31. The lowest BCUT2D eigenvalue weighted by Gasteiger charge is -2.17. The van der Waals surface area contributed by atoms with Crippen LogP contribution in [-0.4, -0.2) is 34.5 Å². The summed E-state index contributed by atoms with van der Waals surface area (Å²) in [5.41, 5.74) is 2.40. The van der Waals surface area contributed by atoms with Crippen LogP contribution in [0, 0.1) is 0 Å². The molecular weight excluding hydrogens is 256 g/mol. The zero-order valence-electron chi connectivity index (χ0n) is 11.8. The van der Waals surface area contributed by atoms with E-state index in [1.165, 1.54) is 0 Å². The normalized spacial score (nSPS) is 15.7. The molecule has 0 aliphatic carbocycles. The fourth-order valence-electron chi connectivity index (χ4n) is 2.34. The lowest BCUT2D eigenvalue weighted by molar-refractivity contribution is -0.123. The van der Waals surface area contributed by atoms with E-state index in [4.69, 9.17) is 5.11 Å². The van der Waals surface area contributed by atoms with Crippen LogP contribution in [0.4, 0.5) is 0 Å². The molecule has 5 nitrogen and oxygen atoms in total. The molecule has 5 heteroatoms. The smallest absolute Gasteiger partial charge is 0.335 e. The van der Waals surface area contributed by atoms with E-state index in [0.717, 1.165) is 17.5 Å². The highest BCUT2D eigenvalue weighted by Gasteiger charge is 2.22. The molecule has 0 aromatic heterocycles. The first-order valence-corrected chi connectivity index (χ1v) is 6.86. The average Bonchev–Trinajstić information content (AvgIpc) is 2.78. The number of rotatable bonds is 5. The minimum absolute atomic E-state index is 0.0191. The summed E-state index contributed by atoms with van der Waals surface area (Å²) >= 11 is 0. The molecule has 2 rings (SSSR count). The van der Waals surface area contributed by atoms with Gasteiger partial charge in [-0.05, 0) is 36.6 Å². The maximum Gasteiger partial charge on any atom is 0.335 e. The van der Waals surface area contributed by atoms with Crippen LogP contribution in [0.3, 0.4) is 0 Å². The van der Waals surface area contributed by atoms with Crippen LogP contribution < -0.4 is 5.32 Å². The topological polar surface area (TPSA) is 69.6 Å². The Hall–Kier alpha value is -1.88.